The Bertz CT molecular complexity index is 1120. The smallest absolute Gasteiger partial charge is 0.306 e. The van der Waals surface area contributed by atoms with Crippen LogP contribution in [0.25, 0.3) is 0 Å². The monoisotopic (exact) mass is 482 g/mol. The number of anilines is 2. The third-order valence-corrected chi connectivity index (χ3v) is 4.73. The first kappa shape index (κ1) is 24.6. The predicted molar refractivity (Wildman–Crippen MR) is 128 cm³/mol. The lowest BCUT2D eigenvalue weighted by molar-refractivity contribution is -0.147. The van der Waals surface area contributed by atoms with Gasteiger partial charge < -0.3 is 24.8 Å². The summed E-state index contributed by atoms with van der Waals surface area (Å²) in [6, 6.07) is 20.5. The summed E-state index contributed by atoms with van der Waals surface area (Å²) in [5.41, 5.74) is 1.09. The molecule has 0 aliphatic heterocycles. The zero-order valence-electron chi connectivity index (χ0n) is 18.4. The van der Waals surface area contributed by atoms with Crippen LogP contribution in [-0.4, -0.2) is 31.5 Å². The van der Waals surface area contributed by atoms with Crippen molar-refractivity contribution in [1.29, 1.82) is 0 Å². The van der Waals surface area contributed by atoms with Gasteiger partial charge in [-0.25, -0.2) is 0 Å². The molecule has 9 heteroatoms. The summed E-state index contributed by atoms with van der Waals surface area (Å²) >= 11 is 5.78. The van der Waals surface area contributed by atoms with Crippen LogP contribution >= 0.6 is 11.6 Å². The lowest BCUT2D eigenvalue weighted by atomic mass is 10.2. The summed E-state index contributed by atoms with van der Waals surface area (Å²) in [5, 5.41) is 5.82. The molecule has 0 unspecified atom stereocenters. The molecule has 0 fully saturated rings. The molecule has 34 heavy (non-hydrogen) atoms. The van der Waals surface area contributed by atoms with E-state index in [9.17, 15) is 14.4 Å². The number of amides is 2. The molecule has 8 nitrogen and oxygen atoms in total. The average molecular weight is 483 g/mol. The molecule has 3 aromatic carbocycles. The first-order valence-electron chi connectivity index (χ1n) is 10.3. The van der Waals surface area contributed by atoms with E-state index in [2.05, 4.69) is 10.6 Å². The van der Waals surface area contributed by atoms with Crippen LogP contribution in [0, 0.1) is 0 Å². The number of rotatable bonds is 10. The maximum atomic E-state index is 12.1. The molecule has 0 aliphatic rings. The van der Waals surface area contributed by atoms with Crippen LogP contribution in [0.4, 0.5) is 11.4 Å². The van der Waals surface area contributed by atoms with E-state index < -0.39 is 18.5 Å². The highest BCUT2D eigenvalue weighted by Gasteiger charge is 2.11. The maximum absolute atomic E-state index is 12.1. The van der Waals surface area contributed by atoms with E-state index in [0.717, 1.165) is 5.75 Å². The zero-order chi connectivity index (χ0) is 24.3. The van der Waals surface area contributed by atoms with Crippen LogP contribution in [-0.2, 0) is 19.1 Å². The molecule has 0 bridgehead atoms. The van der Waals surface area contributed by atoms with Crippen LogP contribution in [0.5, 0.6) is 17.2 Å². The van der Waals surface area contributed by atoms with Crippen LogP contribution < -0.4 is 20.1 Å². The summed E-state index contributed by atoms with van der Waals surface area (Å²) in [6.07, 6.45) is -0.236. The largest absolute Gasteiger partial charge is 0.497 e. The van der Waals surface area contributed by atoms with Gasteiger partial charge in [0.2, 0.25) is 5.91 Å². The number of carbonyl (C=O) groups excluding carboxylic acids is 3. The van der Waals surface area contributed by atoms with E-state index in [0.29, 0.717) is 27.9 Å². The number of halogens is 1. The molecule has 0 atom stereocenters. The fourth-order valence-corrected chi connectivity index (χ4v) is 2.90. The molecule has 0 aromatic heterocycles. The normalized spacial score (nSPS) is 10.2. The van der Waals surface area contributed by atoms with Crippen molar-refractivity contribution < 1.29 is 28.6 Å². The van der Waals surface area contributed by atoms with Crippen molar-refractivity contribution in [1.82, 2.24) is 0 Å². The van der Waals surface area contributed by atoms with Gasteiger partial charge in [-0.3, -0.25) is 14.4 Å². The molecule has 0 saturated heterocycles. The van der Waals surface area contributed by atoms with E-state index in [4.69, 9.17) is 25.8 Å². The van der Waals surface area contributed by atoms with Crippen molar-refractivity contribution >= 4 is 40.8 Å². The topological polar surface area (TPSA) is 103 Å². The van der Waals surface area contributed by atoms with Gasteiger partial charge >= 0.3 is 5.97 Å². The third-order valence-electron chi connectivity index (χ3n) is 4.48. The lowest BCUT2D eigenvalue weighted by Crippen LogP contribution is -2.21. The van der Waals surface area contributed by atoms with Gasteiger partial charge in [-0.2, -0.15) is 0 Å². The van der Waals surface area contributed by atoms with E-state index in [1.807, 2.05) is 0 Å². The molecule has 0 radical (unpaired) electrons. The van der Waals surface area contributed by atoms with Gasteiger partial charge in [-0.05, 0) is 72.8 Å². The number of ether oxygens (including phenoxy) is 3. The second kappa shape index (κ2) is 12.3. The molecular weight excluding hydrogens is 460 g/mol. The maximum Gasteiger partial charge on any atom is 0.306 e. The van der Waals surface area contributed by atoms with Crippen LogP contribution in [0.1, 0.15) is 12.8 Å². The number of hydrogen-bond donors (Lipinski definition) is 2. The second-order valence-electron chi connectivity index (χ2n) is 7.07. The Morgan fingerprint density at radius 1 is 0.706 bits per heavy atom. The molecule has 0 spiro atoms. The molecule has 2 N–H and O–H groups in total. The highest BCUT2D eigenvalue weighted by atomic mass is 35.5. The summed E-state index contributed by atoms with van der Waals surface area (Å²) in [4.78, 5) is 35.8. The lowest BCUT2D eigenvalue weighted by Gasteiger charge is -2.09. The van der Waals surface area contributed by atoms with Crippen molar-refractivity contribution in [2.45, 2.75) is 12.8 Å². The number of esters is 1. The van der Waals surface area contributed by atoms with Gasteiger partial charge in [-0.15, -0.1) is 0 Å². The van der Waals surface area contributed by atoms with Gasteiger partial charge in [0.1, 0.15) is 17.2 Å². The predicted octanol–water partition coefficient (Wildman–Crippen LogP) is 5.04. The standard InChI is InChI=1S/C25H23ClN2O6/c1-32-20-10-12-22(13-11-20)34-21-8-6-19(7-9-21)27-23(29)14-15-25(31)33-16-24(30)28-18-4-2-17(26)3-5-18/h2-13H,14-16H2,1H3,(H,27,29)(H,28,30). The van der Waals surface area contributed by atoms with E-state index in [-0.39, 0.29) is 18.7 Å². The van der Waals surface area contributed by atoms with Crippen LogP contribution in [0.2, 0.25) is 5.02 Å². The molecule has 3 rings (SSSR count). The van der Waals surface area contributed by atoms with Crippen molar-refractivity contribution in [2.24, 2.45) is 0 Å². The van der Waals surface area contributed by atoms with Crippen LogP contribution in [0.15, 0.2) is 72.8 Å². The number of nitrogens with one attached hydrogen (secondary N) is 2. The first-order chi connectivity index (χ1) is 16.4. The van der Waals surface area contributed by atoms with E-state index in [1.165, 1.54) is 0 Å². The van der Waals surface area contributed by atoms with Crippen molar-refractivity contribution in [3.63, 3.8) is 0 Å². The van der Waals surface area contributed by atoms with Gasteiger partial charge in [0.05, 0.1) is 13.5 Å². The first-order valence-corrected chi connectivity index (χ1v) is 10.7. The van der Waals surface area contributed by atoms with Crippen molar-refractivity contribution in [2.75, 3.05) is 24.4 Å². The minimum Gasteiger partial charge on any atom is -0.497 e. The van der Waals surface area contributed by atoms with Crippen LogP contribution in [0.3, 0.4) is 0 Å². The van der Waals surface area contributed by atoms with E-state index in [1.54, 1.807) is 79.9 Å². The second-order valence-corrected chi connectivity index (χ2v) is 7.50. The summed E-state index contributed by atoms with van der Waals surface area (Å²) < 4.78 is 15.8. The summed E-state index contributed by atoms with van der Waals surface area (Å²) in [7, 11) is 1.59. The fourth-order valence-electron chi connectivity index (χ4n) is 2.77. The van der Waals surface area contributed by atoms with Gasteiger partial charge in [0, 0.05) is 22.8 Å². The Labute approximate surface area is 201 Å². The number of hydrogen-bond acceptors (Lipinski definition) is 6. The Kier molecular flexibility index (Phi) is 8.88. The molecule has 0 heterocycles. The van der Waals surface area contributed by atoms with Gasteiger partial charge in [0.25, 0.3) is 5.91 Å². The Hall–Kier alpha value is -4.04. The number of methoxy groups -OCH3 is 1. The molecule has 2 amide bonds. The fraction of sp³-hybridized carbons (Fsp3) is 0.160. The minimum absolute atomic E-state index is 0.0816. The van der Waals surface area contributed by atoms with Crippen molar-refractivity contribution in [3.8, 4) is 17.2 Å². The number of benzene rings is 3. The Balaban J connectivity index is 1.36. The summed E-state index contributed by atoms with van der Waals surface area (Å²) in [5.74, 6) is 0.491. The van der Waals surface area contributed by atoms with Gasteiger partial charge in [-0.1, -0.05) is 11.6 Å². The van der Waals surface area contributed by atoms with Gasteiger partial charge in [0.15, 0.2) is 6.61 Å². The molecule has 176 valence electrons. The average Bonchev–Trinajstić information content (AvgIpc) is 2.84. The molecular formula is C25H23ClN2O6. The highest BCUT2D eigenvalue weighted by Crippen LogP contribution is 2.25. The Morgan fingerprint density at radius 3 is 1.79 bits per heavy atom. The van der Waals surface area contributed by atoms with Crippen molar-refractivity contribution in [3.05, 3.63) is 77.8 Å². The summed E-state index contributed by atoms with van der Waals surface area (Å²) in [6.45, 7) is -0.446. The zero-order valence-corrected chi connectivity index (χ0v) is 19.1. The minimum atomic E-state index is -0.648. The molecule has 3 aromatic rings. The molecule has 0 saturated carbocycles. The molecule has 0 aliphatic carbocycles. The number of carbonyl (C=O) groups is 3. The SMILES string of the molecule is COc1ccc(Oc2ccc(NC(=O)CCC(=O)OCC(=O)Nc3ccc(Cl)cc3)cc2)cc1. The quantitative estimate of drug-likeness (QED) is 0.392. The van der Waals surface area contributed by atoms with E-state index >= 15 is 0 Å². The Morgan fingerprint density at radius 2 is 1.21 bits per heavy atom. The third kappa shape index (κ3) is 8.14. The highest BCUT2D eigenvalue weighted by molar-refractivity contribution is 6.30.